The van der Waals surface area contributed by atoms with E-state index in [2.05, 4.69) is 26.1 Å². The zero-order chi connectivity index (χ0) is 36.4. The number of methoxy groups -OCH3 is 1. The van der Waals surface area contributed by atoms with Crippen molar-refractivity contribution < 1.29 is 33.4 Å². The molecule has 4 saturated heterocycles. The number of rotatable bonds is 10. The van der Waals surface area contributed by atoms with Gasteiger partial charge in [-0.2, -0.15) is 0 Å². The molecule has 14 nitrogen and oxygen atoms in total. The number of ether oxygens (including phenoxy) is 2. The molecule has 5 heterocycles. The highest BCUT2D eigenvalue weighted by molar-refractivity contribution is 6.24. The van der Waals surface area contributed by atoms with Gasteiger partial charge in [-0.15, -0.1) is 0 Å². The van der Waals surface area contributed by atoms with Crippen molar-refractivity contribution in [2.45, 2.75) is 57.0 Å². The highest BCUT2D eigenvalue weighted by Gasteiger charge is 2.46. The van der Waals surface area contributed by atoms with E-state index < -0.39 is 29.7 Å². The van der Waals surface area contributed by atoms with E-state index in [-0.39, 0.29) is 29.9 Å². The Balaban J connectivity index is 0.810. The van der Waals surface area contributed by atoms with Gasteiger partial charge in [0.05, 0.1) is 37.1 Å². The number of nitrogens with two attached hydrogens (primary N) is 1. The van der Waals surface area contributed by atoms with Crippen LogP contribution in [0, 0.1) is 5.92 Å². The third kappa shape index (κ3) is 7.45. The average Bonchev–Trinajstić information content (AvgIpc) is 3.41. The van der Waals surface area contributed by atoms with Gasteiger partial charge in [0.15, 0.2) is 0 Å². The number of imide groups is 2. The Bertz CT molecular complexity index is 1690. The number of piperazine rings is 1. The molecule has 2 aromatic rings. The topological polar surface area (TPSA) is 158 Å². The molecule has 52 heavy (non-hydrogen) atoms. The average molecular weight is 716 g/mol. The molecule has 0 spiro atoms. The third-order valence-corrected chi connectivity index (χ3v) is 11.5. The van der Waals surface area contributed by atoms with Crippen molar-refractivity contribution in [3.8, 4) is 11.5 Å². The van der Waals surface area contributed by atoms with E-state index >= 15 is 0 Å². The van der Waals surface area contributed by atoms with Gasteiger partial charge in [0.2, 0.25) is 17.7 Å². The monoisotopic (exact) mass is 715 g/mol. The van der Waals surface area contributed by atoms with Crippen LogP contribution in [-0.2, 0) is 14.4 Å². The number of nitrogens with zero attached hydrogens (tertiary/aromatic N) is 5. The maximum atomic E-state index is 13.3. The molecule has 0 saturated carbocycles. The highest BCUT2D eigenvalue weighted by atomic mass is 16.5. The van der Waals surface area contributed by atoms with Gasteiger partial charge in [0.1, 0.15) is 17.5 Å². The maximum absolute atomic E-state index is 13.3. The standard InChI is InChI=1S/C38H49N7O7/c1-51-32-23-27(5-6-29(32)39)42-16-11-26(12-17-42)43-20-18-41(19-21-43)24-34(47)44-14-9-25(10-15-44)13-22-52-31-4-2-3-28-35(31)38(50)45(37(28)49)30-7-8-33(46)40-36(30)48/h2-6,23,25-26,30H,7-22,24,39H2,1H3,(H,40,46,48). The van der Waals surface area contributed by atoms with Crippen LogP contribution in [0.1, 0.15) is 65.7 Å². The summed E-state index contributed by atoms with van der Waals surface area (Å²) in [6, 6.07) is 10.4. The van der Waals surface area contributed by atoms with Crippen LogP contribution in [0.2, 0.25) is 0 Å². The van der Waals surface area contributed by atoms with E-state index in [0.717, 1.165) is 101 Å². The lowest BCUT2D eigenvalue weighted by atomic mass is 9.94. The van der Waals surface area contributed by atoms with Crippen LogP contribution >= 0.6 is 0 Å². The second-order valence-corrected chi connectivity index (χ2v) is 14.5. The van der Waals surface area contributed by atoms with E-state index in [1.807, 2.05) is 17.0 Å². The number of nitrogen functional groups attached to an aromatic ring is 1. The fraction of sp³-hybridized carbons (Fsp3) is 0.553. The molecule has 3 N–H and O–H groups in total. The lowest BCUT2D eigenvalue weighted by Gasteiger charge is -2.43. The molecule has 1 atom stereocenters. The lowest BCUT2D eigenvalue weighted by molar-refractivity contribution is -0.136. The predicted octanol–water partition coefficient (Wildman–Crippen LogP) is 1.97. The number of piperidine rings is 3. The first-order chi connectivity index (χ1) is 25.2. The summed E-state index contributed by atoms with van der Waals surface area (Å²) in [5.74, 6) is -0.552. The van der Waals surface area contributed by atoms with Gasteiger partial charge in [-0.3, -0.25) is 44.0 Å². The summed E-state index contributed by atoms with van der Waals surface area (Å²) in [5.41, 5.74) is 8.18. The van der Waals surface area contributed by atoms with Crippen molar-refractivity contribution in [3.05, 3.63) is 47.5 Å². The zero-order valence-electron chi connectivity index (χ0n) is 29.9. The molecule has 0 aliphatic carbocycles. The minimum Gasteiger partial charge on any atom is -0.495 e. The van der Waals surface area contributed by atoms with E-state index in [4.69, 9.17) is 15.2 Å². The fourth-order valence-electron chi connectivity index (χ4n) is 8.37. The summed E-state index contributed by atoms with van der Waals surface area (Å²) in [6.45, 7) is 8.03. The van der Waals surface area contributed by atoms with Crippen molar-refractivity contribution in [1.29, 1.82) is 0 Å². The number of anilines is 2. The smallest absolute Gasteiger partial charge is 0.266 e. The van der Waals surface area contributed by atoms with Gasteiger partial charge in [-0.1, -0.05) is 6.07 Å². The summed E-state index contributed by atoms with van der Waals surface area (Å²) < 4.78 is 11.5. The van der Waals surface area contributed by atoms with Crippen molar-refractivity contribution in [3.63, 3.8) is 0 Å². The lowest BCUT2D eigenvalue weighted by Crippen LogP contribution is -2.55. The molecule has 0 aromatic heterocycles. The summed E-state index contributed by atoms with van der Waals surface area (Å²) >= 11 is 0. The molecule has 2 aromatic carbocycles. The number of carbonyl (C=O) groups excluding carboxylic acids is 5. The first-order valence-corrected chi connectivity index (χ1v) is 18.6. The second kappa shape index (κ2) is 15.5. The van der Waals surface area contributed by atoms with Crippen molar-refractivity contribution >= 4 is 40.9 Å². The molecule has 0 radical (unpaired) electrons. The molecule has 7 rings (SSSR count). The first kappa shape index (κ1) is 35.7. The van der Waals surface area contributed by atoms with Crippen LogP contribution < -0.4 is 25.4 Å². The SMILES string of the molecule is COc1cc(N2CCC(N3CCN(CC(=O)N4CCC(CCOc5cccc6c5C(=O)N(C5CCC(=O)NC5=O)C6=O)CC4)CC3)CC2)ccc1N. The highest BCUT2D eigenvalue weighted by Crippen LogP contribution is 2.34. The van der Waals surface area contributed by atoms with Crippen LogP contribution in [0.3, 0.4) is 0 Å². The third-order valence-electron chi connectivity index (χ3n) is 11.5. The van der Waals surface area contributed by atoms with Crippen molar-refractivity contribution in [2.75, 3.05) is 83.3 Å². The molecule has 5 aliphatic heterocycles. The van der Waals surface area contributed by atoms with Gasteiger partial charge in [0.25, 0.3) is 11.8 Å². The molecular formula is C38H49N7O7. The number of hydrogen-bond donors (Lipinski definition) is 2. The van der Waals surface area contributed by atoms with Crippen molar-refractivity contribution in [1.82, 2.24) is 24.9 Å². The zero-order valence-corrected chi connectivity index (χ0v) is 29.9. The Morgan fingerprint density at radius 2 is 1.62 bits per heavy atom. The second-order valence-electron chi connectivity index (χ2n) is 14.5. The molecule has 0 bridgehead atoms. The number of fused-ring (bicyclic) bond motifs is 1. The molecule has 4 fully saturated rings. The molecule has 1 unspecified atom stereocenters. The number of nitrogens with one attached hydrogen (secondary N) is 1. The van der Waals surface area contributed by atoms with E-state index in [1.54, 1.807) is 25.3 Å². The summed E-state index contributed by atoms with van der Waals surface area (Å²) in [5, 5.41) is 2.22. The Morgan fingerprint density at radius 1 is 0.865 bits per heavy atom. The minimum absolute atomic E-state index is 0.0685. The van der Waals surface area contributed by atoms with E-state index in [9.17, 15) is 24.0 Å². The Labute approximate surface area is 304 Å². The molecule has 14 heteroatoms. The van der Waals surface area contributed by atoms with E-state index in [1.165, 1.54) is 0 Å². The predicted molar refractivity (Wildman–Crippen MR) is 193 cm³/mol. The van der Waals surface area contributed by atoms with E-state index in [0.29, 0.717) is 36.5 Å². The Morgan fingerprint density at radius 3 is 2.33 bits per heavy atom. The number of carbonyl (C=O) groups is 5. The van der Waals surface area contributed by atoms with Gasteiger partial charge >= 0.3 is 0 Å². The quantitative estimate of drug-likeness (QED) is 0.274. The Kier molecular flexibility index (Phi) is 10.6. The minimum atomic E-state index is -1.02. The van der Waals surface area contributed by atoms with Crippen LogP contribution in [-0.4, -0.2) is 134 Å². The number of likely N-dealkylation sites (tertiary alicyclic amines) is 1. The molecule has 278 valence electrons. The van der Waals surface area contributed by atoms with Gasteiger partial charge in [-0.05, 0) is 68.7 Å². The summed E-state index contributed by atoms with van der Waals surface area (Å²) in [7, 11) is 1.65. The number of amides is 5. The summed E-state index contributed by atoms with van der Waals surface area (Å²) in [6.07, 6.45) is 4.93. The van der Waals surface area contributed by atoms with Crippen LogP contribution in [0.25, 0.3) is 0 Å². The van der Waals surface area contributed by atoms with Gasteiger partial charge in [0, 0.05) is 76.6 Å². The van der Waals surface area contributed by atoms with Crippen LogP contribution in [0.4, 0.5) is 11.4 Å². The van der Waals surface area contributed by atoms with Gasteiger partial charge in [-0.25, -0.2) is 0 Å². The molecule has 5 aliphatic rings. The maximum Gasteiger partial charge on any atom is 0.266 e. The van der Waals surface area contributed by atoms with Crippen LogP contribution in [0.5, 0.6) is 11.5 Å². The molecule has 5 amide bonds. The van der Waals surface area contributed by atoms with Gasteiger partial charge < -0.3 is 25.0 Å². The Hall–Kier alpha value is -4.69. The van der Waals surface area contributed by atoms with Crippen molar-refractivity contribution in [2.24, 2.45) is 5.92 Å². The first-order valence-electron chi connectivity index (χ1n) is 18.6. The van der Waals surface area contributed by atoms with Crippen LogP contribution in [0.15, 0.2) is 36.4 Å². The largest absolute Gasteiger partial charge is 0.495 e. The fourth-order valence-corrected chi connectivity index (χ4v) is 8.37. The number of hydrogen-bond acceptors (Lipinski definition) is 11. The normalized spacial score (nSPS) is 22.5. The summed E-state index contributed by atoms with van der Waals surface area (Å²) in [4.78, 5) is 74.0. The number of benzene rings is 2. The molecular weight excluding hydrogens is 666 g/mol.